The summed E-state index contributed by atoms with van der Waals surface area (Å²) in [5.41, 5.74) is 2.03. The monoisotopic (exact) mass is 295 g/mol. The number of oxime groups is 1. The van der Waals surface area contributed by atoms with Gasteiger partial charge in [-0.15, -0.1) is 11.3 Å². The molecule has 0 aromatic carbocycles. The van der Waals surface area contributed by atoms with Crippen molar-refractivity contribution in [2.75, 3.05) is 0 Å². The minimum atomic E-state index is -0.480. The van der Waals surface area contributed by atoms with Crippen LogP contribution in [0.5, 0.6) is 0 Å². The molecule has 1 aliphatic rings. The van der Waals surface area contributed by atoms with E-state index in [4.69, 9.17) is 4.84 Å². The Labute approximate surface area is 123 Å². The fourth-order valence-electron chi connectivity index (χ4n) is 1.79. The number of carbonyl (C=O) groups excluding carboxylic acids is 1. The first-order valence-corrected chi connectivity index (χ1v) is 7.72. The Hall–Kier alpha value is -1.43. The lowest BCUT2D eigenvalue weighted by atomic mass is 9.93. The van der Waals surface area contributed by atoms with Gasteiger partial charge in [-0.1, -0.05) is 32.9 Å². The fraction of sp³-hybridized carbons (Fsp3) is 0.643. The predicted molar refractivity (Wildman–Crippen MR) is 79.9 cm³/mol. The van der Waals surface area contributed by atoms with Gasteiger partial charge in [-0.3, -0.25) is 4.79 Å². The third-order valence-corrected chi connectivity index (χ3v) is 4.01. The second-order valence-corrected chi connectivity index (χ2v) is 6.85. The van der Waals surface area contributed by atoms with Gasteiger partial charge in [-0.25, -0.2) is 4.98 Å². The van der Waals surface area contributed by atoms with E-state index in [0.29, 0.717) is 13.0 Å². The van der Waals surface area contributed by atoms with Crippen molar-refractivity contribution < 1.29 is 9.63 Å². The molecule has 0 saturated carbocycles. The van der Waals surface area contributed by atoms with Gasteiger partial charge in [0.15, 0.2) is 0 Å². The quantitative estimate of drug-likeness (QED) is 0.928. The van der Waals surface area contributed by atoms with Crippen LogP contribution in [0.25, 0.3) is 0 Å². The van der Waals surface area contributed by atoms with Gasteiger partial charge in [0.25, 0.3) is 5.91 Å². The van der Waals surface area contributed by atoms with Crippen molar-refractivity contribution >= 4 is 23.0 Å². The third kappa shape index (κ3) is 3.56. The molecule has 0 bridgehead atoms. The number of nitrogens with zero attached hydrogens (tertiary/aromatic N) is 2. The molecule has 0 fully saturated rings. The molecule has 1 amide bonds. The number of hydrogen-bond donors (Lipinski definition) is 1. The van der Waals surface area contributed by atoms with Crippen LogP contribution < -0.4 is 5.32 Å². The summed E-state index contributed by atoms with van der Waals surface area (Å²) in [5.74, 6) is -0.121. The number of hydrogen-bond acceptors (Lipinski definition) is 5. The van der Waals surface area contributed by atoms with E-state index in [-0.39, 0.29) is 11.3 Å². The molecule has 1 N–H and O–H groups in total. The third-order valence-electron chi connectivity index (χ3n) is 3.16. The van der Waals surface area contributed by atoms with Gasteiger partial charge < -0.3 is 10.2 Å². The second kappa shape index (κ2) is 5.91. The van der Waals surface area contributed by atoms with E-state index >= 15 is 0 Å². The van der Waals surface area contributed by atoms with E-state index in [1.54, 1.807) is 11.3 Å². The van der Waals surface area contributed by atoms with Gasteiger partial charge in [0.1, 0.15) is 5.01 Å². The zero-order chi connectivity index (χ0) is 14.8. The second-order valence-electron chi connectivity index (χ2n) is 5.90. The van der Waals surface area contributed by atoms with Gasteiger partial charge in [0.05, 0.1) is 18.0 Å². The number of carbonyl (C=O) groups is 1. The first-order chi connectivity index (χ1) is 9.40. The molecule has 2 rings (SSSR count). The topological polar surface area (TPSA) is 63.6 Å². The molecular formula is C14H21N3O2S. The zero-order valence-electron chi connectivity index (χ0n) is 12.4. The van der Waals surface area contributed by atoms with Crippen LogP contribution in [0.15, 0.2) is 10.5 Å². The summed E-state index contributed by atoms with van der Waals surface area (Å²) in [6, 6.07) is 0. The van der Waals surface area contributed by atoms with Crippen molar-refractivity contribution in [1.29, 1.82) is 0 Å². The Morgan fingerprint density at radius 2 is 2.30 bits per heavy atom. The van der Waals surface area contributed by atoms with Crippen LogP contribution in [0.2, 0.25) is 0 Å². The lowest BCUT2D eigenvalue weighted by Gasteiger charge is -2.14. The molecule has 110 valence electrons. The summed E-state index contributed by atoms with van der Waals surface area (Å²) < 4.78 is 0. The zero-order valence-corrected chi connectivity index (χ0v) is 13.2. The maximum absolute atomic E-state index is 12.0. The average molecular weight is 295 g/mol. The molecule has 1 aliphatic heterocycles. The summed E-state index contributed by atoms with van der Waals surface area (Å²) in [6.45, 7) is 8.83. The number of aromatic nitrogens is 1. The van der Waals surface area contributed by atoms with Crippen LogP contribution in [-0.2, 0) is 21.6 Å². The maximum Gasteiger partial charge on any atom is 0.264 e. The fourth-order valence-corrected chi connectivity index (χ4v) is 2.75. The van der Waals surface area contributed by atoms with Crippen LogP contribution in [0.3, 0.4) is 0 Å². The van der Waals surface area contributed by atoms with Crippen molar-refractivity contribution in [3.05, 3.63) is 16.1 Å². The number of rotatable bonds is 4. The molecule has 1 aromatic heterocycles. The van der Waals surface area contributed by atoms with Crippen LogP contribution in [0.1, 0.15) is 51.2 Å². The highest BCUT2D eigenvalue weighted by molar-refractivity contribution is 7.09. The van der Waals surface area contributed by atoms with Crippen LogP contribution in [0, 0.1) is 0 Å². The normalized spacial score (nSPS) is 18.6. The van der Waals surface area contributed by atoms with Crippen molar-refractivity contribution in [3.8, 4) is 0 Å². The molecular weight excluding hydrogens is 274 g/mol. The number of amides is 1. The van der Waals surface area contributed by atoms with E-state index in [9.17, 15) is 4.79 Å². The Balaban J connectivity index is 1.84. The summed E-state index contributed by atoms with van der Waals surface area (Å²) in [7, 11) is 0. The molecule has 0 saturated heterocycles. The predicted octanol–water partition coefficient (Wildman–Crippen LogP) is 2.61. The number of thiazole rings is 1. The highest BCUT2D eigenvalue weighted by Crippen LogP contribution is 2.23. The molecule has 6 heteroatoms. The molecule has 1 unspecified atom stereocenters. The summed E-state index contributed by atoms with van der Waals surface area (Å²) in [6.07, 6.45) is 0.936. The van der Waals surface area contributed by atoms with Gasteiger partial charge >= 0.3 is 0 Å². The van der Waals surface area contributed by atoms with Crippen LogP contribution in [-0.4, -0.2) is 22.7 Å². The molecule has 1 atom stereocenters. The minimum absolute atomic E-state index is 0.0389. The molecule has 2 heterocycles. The SMILES string of the molecule is CCC1=NOC(C(=O)NCc2nc(C(C)(C)C)cs2)C1. The van der Waals surface area contributed by atoms with Crippen molar-refractivity contribution in [2.24, 2.45) is 5.16 Å². The molecule has 1 aromatic rings. The first kappa shape index (κ1) is 15.0. The Morgan fingerprint density at radius 1 is 1.55 bits per heavy atom. The Kier molecular flexibility index (Phi) is 4.42. The highest BCUT2D eigenvalue weighted by Gasteiger charge is 2.27. The van der Waals surface area contributed by atoms with Crippen molar-refractivity contribution in [3.63, 3.8) is 0 Å². The van der Waals surface area contributed by atoms with E-state index < -0.39 is 6.10 Å². The van der Waals surface area contributed by atoms with E-state index in [1.165, 1.54) is 0 Å². The standard InChI is InChI=1S/C14H21N3O2S/c1-5-9-6-10(19-17-9)13(18)15-7-12-16-11(8-20-12)14(2,3)4/h8,10H,5-7H2,1-4H3,(H,15,18). The lowest BCUT2D eigenvalue weighted by Crippen LogP contribution is -2.34. The Bertz CT molecular complexity index is 517. The number of nitrogens with one attached hydrogen (secondary N) is 1. The highest BCUT2D eigenvalue weighted by atomic mass is 32.1. The van der Waals surface area contributed by atoms with E-state index in [0.717, 1.165) is 22.8 Å². The summed E-state index contributed by atoms with van der Waals surface area (Å²) >= 11 is 1.57. The van der Waals surface area contributed by atoms with Crippen LogP contribution in [0.4, 0.5) is 0 Å². The molecule has 20 heavy (non-hydrogen) atoms. The molecule has 5 nitrogen and oxygen atoms in total. The minimum Gasteiger partial charge on any atom is -0.382 e. The van der Waals surface area contributed by atoms with Crippen molar-refractivity contribution in [1.82, 2.24) is 10.3 Å². The summed E-state index contributed by atoms with van der Waals surface area (Å²) in [5, 5.41) is 9.71. The summed E-state index contributed by atoms with van der Waals surface area (Å²) in [4.78, 5) is 21.6. The largest absolute Gasteiger partial charge is 0.382 e. The lowest BCUT2D eigenvalue weighted by molar-refractivity contribution is -0.131. The molecule has 0 aliphatic carbocycles. The maximum atomic E-state index is 12.0. The van der Waals surface area contributed by atoms with Gasteiger partial charge in [-0.05, 0) is 6.42 Å². The van der Waals surface area contributed by atoms with Gasteiger partial charge in [0, 0.05) is 17.2 Å². The Morgan fingerprint density at radius 3 is 2.85 bits per heavy atom. The molecule has 0 spiro atoms. The van der Waals surface area contributed by atoms with Gasteiger partial charge in [-0.2, -0.15) is 0 Å². The average Bonchev–Trinajstić information content (AvgIpc) is 3.04. The van der Waals surface area contributed by atoms with E-state index in [2.05, 4.69) is 36.2 Å². The smallest absolute Gasteiger partial charge is 0.264 e. The first-order valence-electron chi connectivity index (χ1n) is 6.84. The molecule has 0 radical (unpaired) electrons. The van der Waals surface area contributed by atoms with Crippen molar-refractivity contribution in [2.45, 2.75) is 58.6 Å². The van der Waals surface area contributed by atoms with Crippen LogP contribution >= 0.6 is 11.3 Å². The van der Waals surface area contributed by atoms with Gasteiger partial charge in [0.2, 0.25) is 6.10 Å². The van der Waals surface area contributed by atoms with E-state index in [1.807, 2.05) is 12.3 Å².